The molecular formula is C17H17FN4O. The Hall–Kier alpha value is -2.50. The van der Waals surface area contributed by atoms with Gasteiger partial charge in [-0.15, -0.1) is 0 Å². The van der Waals surface area contributed by atoms with E-state index >= 15 is 0 Å². The summed E-state index contributed by atoms with van der Waals surface area (Å²) in [5.74, 6) is 1.41. The number of anilines is 1. The van der Waals surface area contributed by atoms with Crippen LogP contribution < -0.4 is 5.32 Å². The molecule has 0 fully saturated rings. The number of ketones is 1. The quantitative estimate of drug-likeness (QED) is 0.879. The van der Waals surface area contributed by atoms with Gasteiger partial charge in [-0.25, -0.2) is 9.07 Å². The fourth-order valence-corrected chi connectivity index (χ4v) is 3.47. The van der Waals surface area contributed by atoms with Gasteiger partial charge in [-0.05, 0) is 37.0 Å². The molecule has 0 saturated carbocycles. The summed E-state index contributed by atoms with van der Waals surface area (Å²) in [6.45, 7) is 3.89. The van der Waals surface area contributed by atoms with Gasteiger partial charge >= 0.3 is 0 Å². The number of allylic oxidation sites excluding steroid dienone is 2. The number of nitrogens with one attached hydrogen (secondary N) is 1. The summed E-state index contributed by atoms with van der Waals surface area (Å²) in [5, 5.41) is 7.70. The van der Waals surface area contributed by atoms with E-state index in [4.69, 9.17) is 0 Å². The molecule has 2 heterocycles. The van der Waals surface area contributed by atoms with Gasteiger partial charge in [-0.3, -0.25) is 4.79 Å². The minimum Gasteiger partial charge on any atom is -0.328 e. The molecule has 1 aromatic carbocycles. The monoisotopic (exact) mass is 312 g/mol. The summed E-state index contributed by atoms with van der Waals surface area (Å²) in [5.41, 5.74) is 2.49. The normalized spacial score (nSPS) is 23.3. The van der Waals surface area contributed by atoms with Gasteiger partial charge < -0.3 is 5.32 Å². The van der Waals surface area contributed by atoms with Crippen LogP contribution in [-0.4, -0.2) is 20.5 Å². The first-order valence-corrected chi connectivity index (χ1v) is 7.75. The lowest BCUT2D eigenvalue weighted by atomic mass is 9.81. The van der Waals surface area contributed by atoms with E-state index < -0.39 is 0 Å². The highest BCUT2D eigenvalue weighted by atomic mass is 19.1. The second-order valence-electron chi connectivity index (χ2n) is 6.34. The average Bonchev–Trinajstić information content (AvgIpc) is 2.85. The first-order chi connectivity index (χ1) is 11.0. The summed E-state index contributed by atoms with van der Waals surface area (Å²) < 4.78 is 15.0. The third kappa shape index (κ3) is 2.25. The number of aryl methyl sites for hydroxylation is 1. The number of halogens is 1. The van der Waals surface area contributed by atoms with Gasteiger partial charge in [0.1, 0.15) is 17.7 Å². The summed E-state index contributed by atoms with van der Waals surface area (Å²) in [6, 6.07) is 5.90. The first-order valence-electron chi connectivity index (χ1n) is 7.75. The number of Topliss-reactive ketones (excluding diaryl/α,β-unsaturated/α-hetero) is 1. The highest BCUT2D eigenvalue weighted by molar-refractivity contribution is 5.99. The second kappa shape index (κ2) is 5.01. The molecule has 1 aromatic heterocycles. The van der Waals surface area contributed by atoms with Crippen molar-refractivity contribution in [3.05, 3.63) is 52.7 Å². The number of carbonyl (C=O) groups excluding carboxylic acids is 1. The van der Waals surface area contributed by atoms with E-state index in [0.717, 1.165) is 23.3 Å². The van der Waals surface area contributed by atoms with Crippen LogP contribution in [0.5, 0.6) is 0 Å². The van der Waals surface area contributed by atoms with Gasteiger partial charge in [0.15, 0.2) is 5.78 Å². The highest BCUT2D eigenvalue weighted by Gasteiger charge is 2.38. The van der Waals surface area contributed by atoms with Crippen LogP contribution in [0.2, 0.25) is 0 Å². The number of aromatic nitrogens is 3. The Labute approximate surface area is 133 Å². The lowest BCUT2D eigenvalue weighted by Crippen LogP contribution is -2.33. The van der Waals surface area contributed by atoms with Crippen molar-refractivity contribution in [1.29, 1.82) is 0 Å². The number of carbonyl (C=O) groups is 1. The zero-order chi connectivity index (χ0) is 16.1. The number of nitrogens with zero attached hydrogens (tertiary/aromatic N) is 3. The fourth-order valence-electron chi connectivity index (χ4n) is 3.47. The van der Waals surface area contributed by atoms with Crippen molar-refractivity contribution >= 4 is 11.7 Å². The van der Waals surface area contributed by atoms with E-state index in [1.165, 1.54) is 12.1 Å². The minimum absolute atomic E-state index is 0.124. The molecule has 2 atom stereocenters. The molecule has 0 amide bonds. The first kappa shape index (κ1) is 14.1. The molecule has 1 N–H and O–H groups in total. The lowest BCUT2D eigenvalue weighted by molar-refractivity contribution is -0.117. The van der Waals surface area contributed by atoms with Crippen molar-refractivity contribution in [3.63, 3.8) is 0 Å². The molecule has 0 bridgehead atoms. The van der Waals surface area contributed by atoms with E-state index in [-0.39, 0.29) is 17.6 Å². The van der Waals surface area contributed by atoms with Crippen LogP contribution in [0, 0.1) is 18.7 Å². The van der Waals surface area contributed by atoms with Gasteiger partial charge in [0.05, 0.1) is 0 Å². The van der Waals surface area contributed by atoms with Gasteiger partial charge in [0.2, 0.25) is 5.95 Å². The van der Waals surface area contributed by atoms with Gasteiger partial charge in [0, 0.05) is 17.7 Å². The van der Waals surface area contributed by atoms with Crippen molar-refractivity contribution in [2.75, 3.05) is 5.32 Å². The van der Waals surface area contributed by atoms with Crippen LogP contribution in [0.15, 0.2) is 35.5 Å². The van der Waals surface area contributed by atoms with Crippen LogP contribution >= 0.6 is 0 Å². The predicted octanol–water partition coefficient (Wildman–Crippen LogP) is 2.99. The number of rotatable bonds is 1. The summed E-state index contributed by atoms with van der Waals surface area (Å²) in [7, 11) is 0. The third-order valence-corrected chi connectivity index (χ3v) is 4.42. The molecule has 5 nitrogen and oxygen atoms in total. The van der Waals surface area contributed by atoms with E-state index in [9.17, 15) is 9.18 Å². The SMILES string of the molecule is Cc1nc2n(n1)[C@@H](c1ccc(F)cc1)C1=C(C[C@@H](C)CC1=O)N2. The molecule has 6 heteroatoms. The fraction of sp³-hybridized carbons (Fsp3) is 0.353. The number of hydrogen-bond donors (Lipinski definition) is 1. The third-order valence-electron chi connectivity index (χ3n) is 4.42. The number of benzene rings is 1. The van der Waals surface area contributed by atoms with Gasteiger partial charge in [0.25, 0.3) is 0 Å². The van der Waals surface area contributed by atoms with Crippen LogP contribution in [0.3, 0.4) is 0 Å². The largest absolute Gasteiger partial charge is 0.328 e. The van der Waals surface area contributed by atoms with E-state index in [1.807, 2.05) is 6.92 Å². The van der Waals surface area contributed by atoms with Crippen LogP contribution in [0.1, 0.15) is 37.2 Å². The molecule has 118 valence electrons. The Kier molecular flexibility index (Phi) is 3.07. The zero-order valence-corrected chi connectivity index (χ0v) is 13.0. The molecule has 23 heavy (non-hydrogen) atoms. The molecule has 1 aliphatic carbocycles. The van der Waals surface area contributed by atoms with Crippen molar-refractivity contribution in [1.82, 2.24) is 14.8 Å². The summed E-state index contributed by atoms with van der Waals surface area (Å²) >= 11 is 0. The van der Waals surface area contributed by atoms with E-state index in [0.29, 0.717) is 24.1 Å². The Morgan fingerprint density at radius 3 is 2.74 bits per heavy atom. The summed E-state index contributed by atoms with van der Waals surface area (Å²) in [4.78, 5) is 17.1. The molecule has 4 rings (SSSR count). The van der Waals surface area contributed by atoms with Crippen LogP contribution in [0.4, 0.5) is 10.3 Å². The van der Waals surface area contributed by atoms with Crippen molar-refractivity contribution in [3.8, 4) is 0 Å². The maximum atomic E-state index is 13.3. The molecule has 0 saturated heterocycles. The molecule has 0 radical (unpaired) electrons. The molecular weight excluding hydrogens is 295 g/mol. The van der Waals surface area contributed by atoms with Gasteiger partial charge in [-0.1, -0.05) is 19.1 Å². The Morgan fingerprint density at radius 1 is 1.26 bits per heavy atom. The zero-order valence-electron chi connectivity index (χ0n) is 13.0. The maximum Gasteiger partial charge on any atom is 0.226 e. The van der Waals surface area contributed by atoms with E-state index in [1.54, 1.807) is 16.8 Å². The highest BCUT2D eigenvalue weighted by Crippen LogP contribution is 2.41. The molecule has 2 aromatic rings. The molecule has 0 unspecified atom stereocenters. The minimum atomic E-state index is -0.344. The molecule has 1 aliphatic heterocycles. The standard InChI is InChI=1S/C17H17FN4O/c1-9-7-13-15(14(23)8-9)16(11-3-5-12(18)6-4-11)22-17(20-13)19-10(2)21-22/h3-6,9,16H,7-8H2,1-2H3,(H,19,20,21)/t9-,16+/m1/s1. The van der Waals surface area contributed by atoms with Crippen LogP contribution in [0.25, 0.3) is 0 Å². The topological polar surface area (TPSA) is 59.8 Å². The average molecular weight is 312 g/mol. The van der Waals surface area contributed by atoms with Crippen molar-refractivity contribution in [2.24, 2.45) is 5.92 Å². The second-order valence-corrected chi connectivity index (χ2v) is 6.34. The van der Waals surface area contributed by atoms with Crippen molar-refractivity contribution < 1.29 is 9.18 Å². The molecule has 2 aliphatic rings. The Bertz CT molecular complexity index is 822. The summed E-state index contributed by atoms with van der Waals surface area (Å²) in [6.07, 6.45) is 1.34. The van der Waals surface area contributed by atoms with Crippen molar-refractivity contribution in [2.45, 2.75) is 32.7 Å². The predicted molar refractivity (Wildman–Crippen MR) is 83.4 cm³/mol. The van der Waals surface area contributed by atoms with Gasteiger partial charge in [-0.2, -0.15) is 10.1 Å². The lowest BCUT2D eigenvalue weighted by Gasteiger charge is -2.34. The Morgan fingerprint density at radius 2 is 2.00 bits per heavy atom. The number of fused-ring (bicyclic) bond motifs is 1. The van der Waals surface area contributed by atoms with E-state index in [2.05, 4.69) is 22.3 Å². The maximum absolute atomic E-state index is 13.3. The Balaban J connectivity index is 1.91. The molecule has 0 spiro atoms. The number of hydrogen-bond acceptors (Lipinski definition) is 4. The van der Waals surface area contributed by atoms with Crippen LogP contribution in [-0.2, 0) is 4.79 Å². The smallest absolute Gasteiger partial charge is 0.226 e.